The molecular formula is C19H27N6O2+. The van der Waals surface area contributed by atoms with Crippen LogP contribution < -0.4 is 4.90 Å². The maximum absolute atomic E-state index is 12.3. The van der Waals surface area contributed by atoms with Crippen LogP contribution in [0.2, 0.25) is 0 Å². The highest BCUT2D eigenvalue weighted by molar-refractivity contribution is 5.75. The number of carbonyl (C=O) groups excluding carboxylic acids is 1. The van der Waals surface area contributed by atoms with Gasteiger partial charge in [-0.25, -0.2) is 0 Å². The maximum atomic E-state index is 12.3. The van der Waals surface area contributed by atoms with Crippen LogP contribution in [0, 0.1) is 0 Å². The monoisotopic (exact) mass is 371 g/mol. The SMILES string of the molecule is O=C(Cn1nnc(-c2ccc(C[NH+]3CCOCC3)cc2)n1)N1CCCCC1. The number of nitrogens with zero attached hydrogens (tertiary/aromatic N) is 5. The Morgan fingerprint density at radius 3 is 2.56 bits per heavy atom. The Labute approximate surface area is 159 Å². The predicted octanol–water partition coefficient (Wildman–Crippen LogP) is -0.232. The number of carbonyl (C=O) groups is 1. The fraction of sp³-hybridized carbons (Fsp3) is 0.579. The van der Waals surface area contributed by atoms with E-state index in [0.29, 0.717) is 5.82 Å². The molecule has 0 unspecified atom stereocenters. The van der Waals surface area contributed by atoms with E-state index in [-0.39, 0.29) is 12.5 Å². The van der Waals surface area contributed by atoms with E-state index in [1.165, 1.54) is 16.8 Å². The van der Waals surface area contributed by atoms with Crippen molar-refractivity contribution in [3.05, 3.63) is 29.8 Å². The van der Waals surface area contributed by atoms with E-state index in [2.05, 4.69) is 27.5 Å². The predicted molar refractivity (Wildman–Crippen MR) is 98.9 cm³/mol. The van der Waals surface area contributed by atoms with Gasteiger partial charge in [-0.3, -0.25) is 4.79 Å². The minimum absolute atomic E-state index is 0.0717. The zero-order valence-electron chi connectivity index (χ0n) is 15.6. The van der Waals surface area contributed by atoms with E-state index in [4.69, 9.17) is 4.74 Å². The molecule has 0 aliphatic carbocycles. The molecule has 4 rings (SSSR count). The van der Waals surface area contributed by atoms with Crippen molar-refractivity contribution in [2.75, 3.05) is 39.4 Å². The summed E-state index contributed by atoms with van der Waals surface area (Å²) >= 11 is 0. The number of nitrogens with one attached hydrogen (secondary N) is 1. The minimum atomic E-state index is 0.0717. The summed E-state index contributed by atoms with van der Waals surface area (Å²) in [5.74, 6) is 0.634. The summed E-state index contributed by atoms with van der Waals surface area (Å²) in [7, 11) is 0. The van der Waals surface area contributed by atoms with Crippen molar-refractivity contribution in [3.8, 4) is 11.4 Å². The summed E-state index contributed by atoms with van der Waals surface area (Å²) in [5, 5.41) is 12.6. The highest BCUT2D eigenvalue weighted by atomic mass is 16.5. The summed E-state index contributed by atoms with van der Waals surface area (Å²) in [6, 6.07) is 8.31. The summed E-state index contributed by atoms with van der Waals surface area (Å²) in [6.45, 7) is 6.65. The topological polar surface area (TPSA) is 77.6 Å². The fourth-order valence-electron chi connectivity index (χ4n) is 3.69. The molecule has 0 atom stereocenters. The molecule has 27 heavy (non-hydrogen) atoms. The number of piperidine rings is 1. The van der Waals surface area contributed by atoms with Crippen molar-refractivity contribution in [1.82, 2.24) is 25.1 Å². The van der Waals surface area contributed by atoms with Crippen LogP contribution in [0.1, 0.15) is 24.8 Å². The Kier molecular flexibility index (Phi) is 5.74. The van der Waals surface area contributed by atoms with E-state index in [9.17, 15) is 4.79 Å². The van der Waals surface area contributed by atoms with Crippen molar-refractivity contribution in [2.45, 2.75) is 32.4 Å². The van der Waals surface area contributed by atoms with Crippen molar-refractivity contribution in [1.29, 1.82) is 0 Å². The Balaban J connectivity index is 1.35. The molecule has 1 aromatic carbocycles. The largest absolute Gasteiger partial charge is 0.370 e. The van der Waals surface area contributed by atoms with Gasteiger partial charge in [0.1, 0.15) is 26.2 Å². The average Bonchev–Trinajstić information content (AvgIpc) is 3.18. The number of quaternary nitrogens is 1. The molecule has 0 saturated carbocycles. The van der Waals surface area contributed by atoms with E-state index in [0.717, 1.165) is 64.3 Å². The molecule has 1 N–H and O–H groups in total. The zero-order chi connectivity index (χ0) is 18.5. The quantitative estimate of drug-likeness (QED) is 0.786. The van der Waals surface area contributed by atoms with Crippen molar-refractivity contribution in [2.24, 2.45) is 0 Å². The second kappa shape index (κ2) is 8.58. The summed E-state index contributed by atoms with van der Waals surface area (Å²) in [5.41, 5.74) is 2.22. The molecule has 2 fully saturated rings. The lowest BCUT2D eigenvalue weighted by atomic mass is 10.1. The van der Waals surface area contributed by atoms with Gasteiger partial charge in [0, 0.05) is 24.2 Å². The average molecular weight is 371 g/mol. The molecular weight excluding hydrogens is 344 g/mol. The van der Waals surface area contributed by atoms with Gasteiger partial charge in [0.2, 0.25) is 11.7 Å². The van der Waals surface area contributed by atoms with Crippen LogP contribution >= 0.6 is 0 Å². The molecule has 2 aliphatic rings. The Morgan fingerprint density at radius 1 is 1.07 bits per heavy atom. The molecule has 0 radical (unpaired) electrons. The summed E-state index contributed by atoms with van der Waals surface area (Å²) in [4.78, 5) is 17.2. The number of likely N-dealkylation sites (tertiary alicyclic amines) is 1. The number of rotatable bonds is 5. The third-order valence-electron chi connectivity index (χ3n) is 5.30. The second-order valence-electron chi connectivity index (χ2n) is 7.32. The van der Waals surface area contributed by atoms with Crippen LogP contribution in [0.5, 0.6) is 0 Å². The smallest absolute Gasteiger partial charge is 0.246 e. The highest BCUT2D eigenvalue weighted by Crippen LogP contribution is 2.14. The molecule has 0 bridgehead atoms. The van der Waals surface area contributed by atoms with Crippen LogP contribution in [0.4, 0.5) is 0 Å². The third kappa shape index (κ3) is 4.70. The lowest BCUT2D eigenvalue weighted by Gasteiger charge is -2.26. The van der Waals surface area contributed by atoms with Crippen molar-refractivity contribution < 1.29 is 14.4 Å². The Bertz CT molecular complexity index is 748. The first-order valence-electron chi connectivity index (χ1n) is 9.84. The number of amides is 1. The van der Waals surface area contributed by atoms with Crippen LogP contribution in [-0.4, -0.2) is 70.4 Å². The van der Waals surface area contributed by atoms with Gasteiger partial charge in [0.15, 0.2) is 0 Å². The standard InChI is InChI=1S/C19H26N6O2/c26-18(24-8-2-1-3-9-24)15-25-21-19(20-22-25)17-6-4-16(5-7-17)14-23-10-12-27-13-11-23/h4-7H,1-3,8-15H2/p+1. The lowest BCUT2D eigenvalue weighted by molar-refractivity contribution is -0.921. The molecule has 3 heterocycles. The molecule has 144 valence electrons. The molecule has 2 saturated heterocycles. The molecule has 8 heteroatoms. The van der Waals surface area contributed by atoms with Gasteiger partial charge in [0.05, 0.1) is 13.2 Å². The van der Waals surface area contributed by atoms with Crippen LogP contribution in [0.25, 0.3) is 11.4 Å². The highest BCUT2D eigenvalue weighted by Gasteiger charge is 2.18. The normalized spacial score (nSPS) is 18.6. The number of hydrogen-bond donors (Lipinski definition) is 1. The van der Waals surface area contributed by atoms with Crippen molar-refractivity contribution in [3.63, 3.8) is 0 Å². The van der Waals surface area contributed by atoms with Gasteiger partial charge < -0.3 is 14.5 Å². The number of morpholine rings is 1. The Morgan fingerprint density at radius 2 is 1.81 bits per heavy atom. The second-order valence-corrected chi connectivity index (χ2v) is 7.32. The first-order chi connectivity index (χ1) is 13.3. The van der Waals surface area contributed by atoms with Crippen LogP contribution in [-0.2, 0) is 22.6 Å². The van der Waals surface area contributed by atoms with E-state index >= 15 is 0 Å². The summed E-state index contributed by atoms with van der Waals surface area (Å²) < 4.78 is 5.41. The molecule has 1 amide bonds. The third-order valence-corrected chi connectivity index (χ3v) is 5.30. The Hall–Kier alpha value is -2.32. The number of ether oxygens (including phenoxy) is 1. The number of benzene rings is 1. The molecule has 2 aromatic rings. The van der Waals surface area contributed by atoms with Gasteiger partial charge in [-0.2, -0.15) is 4.80 Å². The molecule has 1 aromatic heterocycles. The van der Waals surface area contributed by atoms with Crippen LogP contribution in [0.3, 0.4) is 0 Å². The molecule has 2 aliphatic heterocycles. The van der Waals surface area contributed by atoms with Crippen LogP contribution in [0.15, 0.2) is 24.3 Å². The first kappa shape index (κ1) is 18.1. The lowest BCUT2D eigenvalue weighted by Crippen LogP contribution is -3.12. The number of aromatic nitrogens is 4. The van der Waals surface area contributed by atoms with E-state index < -0.39 is 0 Å². The van der Waals surface area contributed by atoms with Crippen molar-refractivity contribution >= 4 is 5.91 Å². The van der Waals surface area contributed by atoms with Gasteiger partial charge in [0.25, 0.3) is 0 Å². The summed E-state index contributed by atoms with van der Waals surface area (Å²) in [6.07, 6.45) is 3.37. The van der Waals surface area contributed by atoms with E-state index in [1.807, 2.05) is 17.0 Å². The maximum Gasteiger partial charge on any atom is 0.246 e. The fourth-order valence-corrected chi connectivity index (χ4v) is 3.69. The first-order valence-corrected chi connectivity index (χ1v) is 9.84. The van der Waals surface area contributed by atoms with Gasteiger partial charge in [-0.1, -0.05) is 24.3 Å². The van der Waals surface area contributed by atoms with E-state index in [1.54, 1.807) is 4.90 Å². The minimum Gasteiger partial charge on any atom is -0.370 e. The molecule has 8 nitrogen and oxygen atoms in total. The van der Waals surface area contributed by atoms with Gasteiger partial charge in [-0.15, -0.1) is 10.2 Å². The molecule has 0 spiro atoms. The van der Waals surface area contributed by atoms with Gasteiger partial charge >= 0.3 is 0 Å². The number of hydrogen-bond acceptors (Lipinski definition) is 5. The number of tetrazole rings is 1. The zero-order valence-corrected chi connectivity index (χ0v) is 15.6. The van der Waals surface area contributed by atoms with Gasteiger partial charge in [-0.05, 0) is 24.5 Å².